The van der Waals surface area contributed by atoms with E-state index in [1.807, 2.05) is 32.9 Å². The van der Waals surface area contributed by atoms with Crippen molar-refractivity contribution in [1.29, 1.82) is 5.26 Å². The molecule has 2 heterocycles. The van der Waals surface area contributed by atoms with E-state index in [-0.39, 0.29) is 5.91 Å². The maximum Gasteiger partial charge on any atom is 0.261 e. The summed E-state index contributed by atoms with van der Waals surface area (Å²) in [4.78, 5) is 22.9. The monoisotopic (exact) mass is 336 g/mol. The summed E-state index contributed by atoms with van der Waals surface area (Å²) in [5.41, 5.74) is 3.29. The second-order valence-electron chi connectivity index (χ2n) is 5.59. The minimum absolute atomic E-state index is 0.130. The number of nitriles is 1. The molecule has 24 heavy (non-hydrogen) atoms. The normalized spacial score (nSPS) is 10.6. The standard InChI is InChI=1S/C18H16N4OS/c1-10-15-11(2)21-12(3)22-18(15)24-16(10)17(23)20-9-14-6-4-5-13(7-14)8-19/h4-7H,9H2,1-3H3,(H,20,23). The Kier molecular flexibility index (Phi) is 4.28. The number of carbonyl (C=O) groups is 1. The van der Waals surface area contributed by atoms with Crippen molar-refractivity contribution in [3.63, 3.8) is 0 Å². The minimum atomic E-state index is -0.130. The Hall–Kier alpha value is -2.78. The van der Waals surface area contributed by atoms with Crippen LogP contribution in [0.15, 0.2) is 24.3 Å². The highest BCUT2D eigenvalue weighted by atomic mass is 32.1. The molecule has 5 nitrogen and oxygen atoms in total. The van der Waals surface area contributed by atoms with Crippen LogP contribution in [0.25, 0.3) is 10.2 Å². The lowest BCUT2D eigenvalue weighted by Crippen LogP contribution is -2.22. The van der Waals surface area contributed by atoms with Gasteiger partial charge in [-0.05, 0) is 44.0 Å². The van der Waals surface area contributed by atoms with Gasteiger partial charge in [0.15, 0.2) is 0 Å². The quantitative estimate of drug-likeness (QED) is 0.795. The van der Waals surface area contributed by atoms with Gasteiger partial charge >= 0.3 is 0 Å². The van der Waals surface area contributed by atoms with Crippen LogP contribution in [0.4, 0.5) is 0 Å². The minimum Gasteiger partial charge on any atom is -0.347 e. The summed E-state index contributed by atoms with van der Waals surface area (Å²) in [6.07, 6.45) is 0. The van der Waals surface area contributed by atoms with Crippen molar-refractivity contribution in [3.8, 4) is 6.07 Å². The fourth-order valence-electron chi connectivity index (χ4n) is 2.70. The Morgan fingerprint density at radius 2 is 2.08 bits per heavy atom. The van der Waals surface area contributed by atoms with Crippen molar-refractivity contribution < 1.29 is 4.79 Å². The van der Waals surface area contributed by atoms with E-state index < -0.39 is 0 Å². The van der Waals surface area contributed by atoms with Crippen molar-refractivity contribution in [3.05, 3.63) is 57.4 Å². The fraction of sp³-hybridized carbons (Fsp3) is 0.222. The molecule has 3 rings (SSSR count). The number of nitrogens with zero attached hydrogens (tertiary/aromatic N) is 3. The summed E-state index contributed by atoms with van der Waals surface area (Å²) in [7, 11) is 0. The number of aromatic nitrogens is 2. The van der Waals surface area contributed by atoms with Crippen LogP contribution in [0.5, 0.6) is 0 Å². The van der Waals surface area contributed by atoms with E-state index in [0.29, 0.717) is 22.8 Å². The van der Waals surface area contributed by atoms with E-state index in [9.17, 15) is 4.79 Å². The molecular weight excluding hydrogens is 320 g/mol. The molecule has 0 unspecified atom stereocenters. The number of fused-ring (bicyclic) bond motifs is 1. The molecule has 0 atom stereocenters. The van der Waals surface area contributed by atoms with Crippen LogP contribution in [0, 0.1) is 32.1 Å². The smallest absolute Gasteiger partial charge is 0.261 e. The molecule has 120 valence electrons. The van der Waals surface area contributed by atoms with Crippen LogP contribution in [0.3, 0.4) is 0 Å². The summed E-state index contributed by atoms with van der Waals surface area (Å²) < 4.78 is 0. The molecule has 2 aromatic heterocycles. The lowest BCUT2D eigenvalue weighted by molar-refractivity contribution is 0.0954. The number of hydrogen-bond acceptors (Lipinski definition) is 5. The molecule has 1 aromatic carbocycles. The molecule has 6 heteroatoms. The van der Waals surface area contributed by atoms with Gasteiger partial charge in [-0.2, -0.15) is 5.26 Å². The van der Waals surface area contributed by atoms with Crippen molar-refractivity contribution in [1.82, 2.24) is 15.3 Å². The Labute approximate surface area is 144 Å². The summed E-state index contributed by atoms with van der Waals surface area (Å²) in [6.45, 7) is 6.09. The van der Waals surface area contributed by atoms with Gasteiger partial charge in [-0.1, -0.05) is 12.1 Å². The Balaban J connectivity index is 1.85. The number of benzene rings is 1. The van der Waals surface area contributed by atoms with Gasteiger partial charge in [0.2, 0.25) is 0 Å². The zero-order valence-electron chi connectivity index (χ0n) is 13.7. The van der Waals surface area contributed by atoms with E-state index in [2.05, 4.69) is 21.4 Å². The first-order chi connectivity index (χ1) is 11.5. The average Bonchev–Trinajstić information content (AvgIpc) is 2.89. The summed E-state index contributed by atoms with van der Waals surface area (Å²) in [5, 5.41) is 12.8. The lowest BCUT2D eigenvalue weighted by Gasteiger charge is -2.05. The molecule has 1 N–H and O–H groups in total. The van der Waals surface area contributed by atoms with Crippen LogP contribution in [-0.4, -0.2) is 15.9 Å². The zero-order valence-corrected chi connectivity index (χ0v) is 14.5. The molecule has 0 saturated carbocycles. The third kappa shape index (κ3) is 2.99. The fourth-order valence-corrected chi connectivity index (χ4v) is 3.90. The first-order valence-electron chi connectivity index (χ1n) is 7.51. The highest BCUT2D eigenvalue weighted by molar-refractivity contribution is 7.20. The number of aryl methyl sites for hydroxylation is 3. The third-order valence-corrected chi connectivity index (χ3v) is 4.98. The average molecular weight is 336 g/mol. The Bertz CT molecular complexity index is 985. The number of carbonyl (C=O) groups excluding carboxylic acids is 1. The van der Waals surface area contributed by atoms with E-state index in [1.54, 1.807) is 12.1 Å². The van der Waals surface area contributed by atoms with Crippen LogP contribution in [0.2, 0.25) is 0 Å². The number of rotatable bonds is 3. The van der Waals surface area contributed by atoms with Crippen molar-refractivity contribution in [2.24, 2.45) is 0 Å². The second-order valence-corrected chi connectivity index (χ2v) is 6.59. The number of nitrogens with one attached hydrogen (secondary N) is 1. The zero-order chi connectivity index (χ0) is 17.3. The molecule has 0 radical (unpaired) electrons. The van der Waals surface area contributed by atoms with Crippen molar-refractivity contribution in [2.75, 3.05) is 0 Å². The molecule has 0 aliphatic rings. The third-order valence-electron chi connectivity index (χ3n) is 3.80. The first-order valence-corrected chi connectivity index (χ1v) is 8.33. The van der Waals surface area contributed by atoms with Gasteiger partial charge in [-0.15, -0.1) is 11.3 Å². The molecular formula is C18H16N4OS. The predicted octanol–water partition coefficient (Wildman–Crippen LogP) is 3.42. The molecule has 0 bridgehead atoms. The van der Waals surface area contributed by atoms with Gasteiger partial charge < -0.3 is 5.32 Å². The molecule has 0 aliphatic heterocycles. The topological polar surface area (TPSA) is 78.7 Å². The van der Waals surface area contributed by atoms with Gasteiger partial charge in [-0.3, -0.25) is 4.79 Å². The molecule has 0 saturated heterocycles. The van der Waals surface area contributed by atoms with E-state index in [1.165, 1.54) is 11.3 Å². The Morgan fingerprint density at radius 1 is 1.29 bits per heavy atom. The van der Waals surface area contributed by atoms with Gasteiger partial charge in [0, 0.05) is 17.6 Å². The lowest BCUT2D eigenvalue weighted by atomic mass is 10.1. The highest BCUT2D eigenvalue weighted by Crippen LogP contribution is 2.31. The molecule has 0 fully saturated rings. The highest BCUT2D eigenvalue weighted by Gasteiger charge is 2.18. The summed E-state index contributed by atoms with van der Waals surface area (Å²) >= 11 is 1.39. The van der Waals surface area contributed by atoms with Gasteiger partial charge in [-0.25, -0.2) is 9.97 Å². The molecule has 3 aromatic rings. The first kappa shape index (κ1) is 16.1. The largest absolute Gasteiger partial charge is 0.347 e. The maximum absolute atomic E-state index is 12.5. The Morgan fingerprint density at radius 3 is 2.83 bits per heavy atom. The number of hydrogen-bond donors (Lipinski definition) is 1. The summed E-state index contributed by atoms with van der Waals surface area (Å²) in [5.74, 6) is 0.580. The maximum atomic E-state index is 12.5. The van der Waals surface area contributed by atoms with Crippen LogP contribution in [0.1, 0.15) is 37.9 Å². The van der Waals surface area contributed by atoms with Crippen LogP contribution >= 0.6 is 11.3 Å². The van der Waals surface area contributed by atoms with E-state index in [0.717, 1.165) is 27.0 Å². The van der Waals surface area contributed by atoms with Gasteiger partial charge in [0.1, 0.15) is 10.7 Å². The van der Waals surface area contributed by atoms with Crippen LogP contribution < -0.4 is 5.32 Å². The SMILES string of the molecule is Cc1nc(C)c2c(C)c(C(=O)NCc3cccc(C#N)c3)sc2n1. The van der Waals surface area contributed by atoms with E-state index >= 15 is 0 Å². The van der Waals surface area contributed by atoms with Crippen LogP contribution in [-0.2, 0) is 6.54 Å². The van der Waals surface area contributed by atoms with Crippen molar-refractivity contribution >= 4 is 27.5 Å². The van der Waals surface area contributed by atoms with Gasteiger partial charge in [0.25, 0.3) is 5.91 Å². The molecule has 0 spiro atoms. The number of thiophene rings is 1. The number of amides is 1. The molecule has 1 amide bonds. The van der Waals surface area contributed by atoms with E-state index in [4.69, 9.17) is 5.26 Å². The van der Waals surface area contributed by atoms with Crippen molar-refractivity contribution in [2.45, 2.75) is 27.3 Å². The predicted molar refractivity (Wildman–Crippen MR) is 94.0 cm³/mol. The second kappa shape index (κ2) is 6.38. The van der Waals surface area contributed by atoms with Gasteiger partial charge in [0.05, 0.1) is 16.5 Å². The molecule has 0 aliphatic carbocycles. The summed E-state index contributed by atoms with van der Waals surface area (Å²) in [6, 6.07) is 9.31.